The highest BCUT2D eigenvalue weighted by Gasteiger charge is 2.41. The summed E-state index contributed by atoms with van der Waals surface area (Å²) in [5.41, 5.74) is -2.79. The van der Waals surface area contributed by atoms with Gasteiger partial charge in [0.2, 0.25) is 0 Å². The van der Waals surface area contributed by atoms with Gasteiger partial charge in [-0.25, -0.2) is 9.48 Å². The fraction of sp³-hybridized carbons (Fsp3) is 0.0909. The lowest BCUT2D eigenvalue weighted by Crippen LogP contribution is -2.18. The molecule has 20 heavy (non-hydrogen) atoms. The number of pyridine rings is 1. The molecule has 0 saturated carbocycles. The van der Waals surface area contributed by atoms with E-state index in [1.54, 1.807) is 6.07 Å². The minimum Gasteiger partial charge on any atom is -0.478 e. The predicted octanol–water partition coefficient (Wildman–Crippen LogP) is 1.86. The van der Waals surface area contributed by atoms with E-state index < -0.39 is 23.4 Å². The van der Waals surface area contributed by atoms with E-state index in [0.717, 1.165) is 12.3 Å². The Hall–Kier alpha value is -2.89. The maximum atomic E-state index is 13.0. The van der Waals surface area contributed by atoms with E-state index in [4.69, 9.17) is 10.4 Å². The summed E-state index contributed by atoms with van der Waals surface area (Å²) in [6.45, 7) is 0. The summed E-state index contributed by atoms with van der Waals surface area (Å²) in [7, 11) is 0. The Bertz CT molecular complexity index is 715. The quantitative estimate of drug-likeness (QED) is 0.907. The second kappa shape index (κ2) is 4.65. The number of nitriles is 1. The summed E-state index contributed by atoms with van der Waals surface area (Å²) in [6.07, 6.45) is -2.09. The van der Waals surface area contributed by atoms with Gasteiger partial charge in [-0.2, -0.15) is 23.5 Å². The molecule has 0 aromatic carbocycles. The molecule has 0 spiro atoms. The van der Waals surface area contributed by atoms with Crippen molar-refractivity contribution in [2.75, 3.05) is 0 Å². The zero-order valence-electron chi connectivity index (χ0n) is 9.59. The lowest BCUT2D eigenvalue weighted by atomic mass is 10.2. The van der Waals surface area contributed by atoms with E-state index in [0.29, 0.717) is 10.9 Å². The molecule has 0 radical (unpaired) electrons. The largest absolute Gasteiger partial charge is 0.478 e. The number of carboxylic acid groups (broad SMARTS) is 1. The molecule has 2 aromatic heterocycles. The molecular weight excluding hydrogens is 277 g/mol. The van der Waals surface area contributed by atoms with Crippen LogP contribution in [0.2, 0.25) is 0 Å². The predicted molar refractivity (Wildman–Crippen MR) is 58.0 cm³/mol. The first-order valence-corrected chi connectivity index (χ1v) is 5.09. The van der Waals surface area contributed by atoms with Gasteiger partial charge < -0.3 is 5.11 Å². The van der Waals surface area contributed by atoms with Crippen molar-refractivity contribution in [2.24, 2.45) is 0 Å². The zero-order chi connectivity index (χ0) is 14.9. The van der Waals surface area contributed by atoms with E-state index in [2.05, 4.69) is 10.1 Å². The van der Waals surface area contributed by atoms with Gasteiger partial charge in [0.1, 0.15) is 11.6 Å². The first-order chi connectivity index (χ1) is 9.36. The molecular formula is C11H5F3N4O2. The van der Waals surface area contributed by atoms with Crippen LogP contribution >= 0.6 is 0 Å². The number of rotatable bonds is 2. The minimum atomic E-state index is -4.93. The topological polar surface area (TPSA) is 91.8 Å². The van der Waals surface area contributed by atoms with Crippen LogP contribution in [0, 0.1) is 11.3 Å². The van der Waals surface area contributed by atoms with Crippen LogP contribution in [0.5, 0.6) is 0 Å². The van der Waals surface area contributed by atoms with Gasteiger partial charge in [0.05, 0.1) is 17.4 Å². The van der Waals surface area contributed by atoms with Crippen molar-refractivity contribution in [1.29, 1.82) is 5.26 Å². The molecule has 2 heterocycles. The number of aromatic nitrogens is 3. The van der Waals surface area contributed by atoms with Crippen molar-refractivity contribution >= 4 is 5.97 Å². The Morgan fingerprint density at radius 3 is 2.65 bits per heavy atom. The lowest BCUT2D eigenvalue weighted by molar-refractivity contribution is -0.143. The molecule has 0 aliphatic rings. The van der Waals surface area contributed by atoms with Crippen molar-refractivity contribution in [3.63, 3.8) is 0 Å². The maximum Gasteiger partial charge on any atom is 0.434 e. The Labute approximate surface area is 109 Å². The molecule has 0 saturated heterocycles. The molecule has 2 aromatic rings. The van der Waals surface area contributed by atoms with Gasteiger partial charge in [-0.1, -0.05) is 0 Å². The van der Waals surface area contributed by atoms with Crippen LogP contribution < -0.4 is 0 Å². The number of carboxylic acids is 1. The molecule has 0 bridgehead atoms. The average Bonchev–Trinajstić information content (AvgIpc) is 2.83. The number of halogens is 3. The van der Waals surface area contributed by atoms with E-state index in [9.17, 15) is 18.0 Å². The molecule has 0 unspecified atom stereocenters. The van der Waals surface area contributed by atoms with Crippen molar-refractivity contribution < 1.29 is 23.1 Å². The van der Waals surface area contributed by atoms with E-state index >= 15 is 0 Å². The third-order valence-electron chi connectivity index (χ3n) is 2.41. The van der Waals surface area contributed by atoms with E-state index in [1.807, 2.05) is 0 Å². The van der Waals surface area contributed by atoms with E-state index in [1.165, 1.54) is 6.20 Å². The number of alkyl halides is 3. The monoisotopic (exact) mass is 282 g/mol. The van der Waals surface area contributed by atoms with Crippen molar-refractivity contribution in [3.05, 3.63) is 41.5 Å². The third kappa shape index (κ3) is 2.18. The Morgan fingerprint density at radius 1 is 1.40 bits per heavy atom. The summed E-state index contributed by atoms with van der Waals surface area (Å²) >= 11 is 0. The highest BCUT2D eigenvalue weighted by molar-refractivity contribution is 5.89. The standard InChI is InChI=1S/C11H5F3N4O2/c12-11(13,14)9-7(10(19)20)5-17-18(9)8-1-2-16-4-6(8)3-15/h1-2,4-5H,(H,19,20). The van der Waals surface area contributed by atoms with Crippen molar-refractivity contribution in [2.45, 2.75) is 6.18 Å². The smallest absolute Gasteiger partial charge is 0.434 e. The second-order valence-corrected chi connectivity index (χ2v) is 3.63. The van der Waals surface area contributed by atoms with Gasteiger partial charge in [-0.3, -0.25) is 4.98 Å². The van der Waals surface area contributed by atoms with Crippen molar-refractivity contribution in [3.8, 4) is 11.8 Å². The summed E-state index contributed by atoms with van der Waals surface area (Å²) < 4.78 is 39.4. The zero-order valence-corrected chi connectivity index (χ0v) is 9.59. The summed E-state index contributed by atoms with van der Waals surface area (Å²) in [6, 6.07) is 2.82. The molecule has 0 aliphatic heterocycles. The van der Waals surface area contributed by atoms with Gasteiger partial charge >= 0.3 is 12.1 Å². The molecule has 6 nitrogen and oxygen atoms in total. The molecule has 0 amide bonds. The van der Waals surface area contributed by atoms with Crippen LogP contribution in [0.3, 0.4) is 0 Å². The molecule has 0 atom stereocenters. The van der Waals surface area contributed by atoms with Gasteiger partial charge in [0.25, 0.3) is 0 Å². The van der Waals surface area contributed by atoms with Crippen LogP contribution in [0.1, 0.15) is 21.6 Å². The van der Waals surface area contributed by atoms with Crippen molar-refractivity contribution in [1.82, 2.24) is 14.8 Å². The van der Waals surface area contributed by atoms with Gasteiger partial charge in [0.15, 0.2) is 5.69 Å². The molecule has 102 valence electrons. The van der Waals surface area contributed by atoms with Gasteiger partial charge in [0, 0.05) is 12.4 Å². The number of nitrogens with zero attached hydrogens (tertiary/aromatic N) is 4. The normalized spacial score (nSPS) is 11.1. The molecule has 0 aliphatic carbocycles. The van der Waals surface area contributed by atoms with Crippen LogP contribution in [0.15, 0.2) is 24.7 Å². The summed E-state index contributed by atoms with van der Waals surface area (Å²) in [5.74, 6) is -1.75. The Morgan fingerprint density at radius 2 is 2.10 bits per heavy atom. The molecule has 1 N–H and O–H groups in total. The van der Waals surface area contributed by atoms with Gasteiger partial charge in [-0.05, 0) is 6.07 Å². The Kier molecular flexibility index (Phi) is 3.15. The lowest BCUT2D eigenvalue weighted by Gasteiger charge is -2.12. The fourth-order valence-electron chi connectivity index (χ4n) is 1.62. The third-order valence-corrected chi connectivity index (χ3v) is 2.41. The maximum absolute atomic E-state index is 13.0. The highest BCUT2D eigenvalue weighted by atomic mass is 19.4. The van der Waals surface area contributed by atoms with Crippen LogP contribution in [0.4, 0.5) is 13.2 Å². The average molecular weight is 282 g/mol. The highest BCUT2D eigenvalue weighted by Crippen LogP contribution is 2.34. The molecule has 0 fully saturated rings. The van der Waals surface area contributed by atoms with Crippen LogP contribution in [0.25, 0.3) is 5.69 Å². The van der Waals surface area contributed by atoms with Crippen LogP contribution in [-0.2, 0) is 6.18 Å². The first kappa shape index (κ1) is 13.5. The minimum absolute atomic E-state index is 0.155. The van der Waals surface area contributed by atoms with E-state index in [-0.39, 0.29) is 11.3 Å². The first-order valence-electron chi connectivity index (χ1n) is 5.09. The number of carbonyl (C=O) groups is 1. The molecule has 2 rings (SSSR count). The van der Waals surface area contributed by atoms with Gasteiger partial charge in [-0.15, -0.1) is 0 Å². The SMILES string of the molecule is N#Cc1cnccc1-n1ncc(C(=O)O)c1C(F)(F)F. The Balaban J connectivity index is 2.77. The van der Waals surface area contributed by atoms with Crippen LogP contribution in [-0.4, -0.2) is 25.8 Å². The molecule has 9 heteroatoms. The fourth-order valence-corrected chi connectivity index (χ4v) is 1.62. The number of aromatic carboxylic acids is 1. The summed E-state index contributed by atoms with van der Waals surface area (Å²) in [4.78, 5) is 14.5. The second-order valence-electron chi connectivity index (χ2n) is 3.63. The summed E-state index contributed by atoms with van der Waals surface area (Å²) in [5, 5.41) is 21.1. The number of hydrogen-bond donors (Lipinski definition) is 1. The number of hydrogen-bond acceptors (Lipinski definition) is 4.